The number of nitrogens with zero attached hydrogens (tertiary/aromatic N) is 2. The lowest BCUT2D eigenvalue weighted by atomic mass is 10.2. The Kier molecular flexibility index (Phi) is 4.37. The minimum atomic E-state index is -0.537. The maximum absolute atomic E-state index is 14.3. The van der Waals surface area contributed by atoms with Crippen LogP contribution in [0.3, 0.4) is 0 Å². The number of halogens is 2. The highest BCUT2D eigenvalue weighted by molar-refractivity contribution is 9.10. The number of hydrogen-bond donors (Lipinski definition) is 2. The Labute approximate surface area is 156 Å². The van der Waals surface area contributed by atoms with Crippen molar-refractivity contribution < 1.29 is 18.7 Å². The molecule has 1 aliphatic rings. The van der Waals surface area contributed by atoms with Crippen LogP contribution in [0.1, 0.15) is 17.0 Å². The van der Waals surface area contributed by atoms with E-state index in [0.29, 0.717) is 34.1 Å². The van der Waals surface area contributed by atoms with Gasteiger partial charge in [0.05, 0.1) is 17.2 Å². The second-order valence-corrected chi connectivity index (χ2v) is 7.04. The minimum absolute atomic E-state index is 0.0735. The van der Waals surface area contributed by atoms with Crippen LogP contribution in [0.2, 0.25) is 0 Å². The summed E-state index contributed by atoms with van der Waals surface area (Å²) in [6, 6.07) is 6.25. The molecule has 1 fully saturated rings. The van der Waals surface area contributed by atoms with Gasteiger partial charge in [0, 0.05) is 30.0 Å². The summed E-state index contributed by atoms with van der Waals surface area (Å²) < 4.78 is 20.6. The van der Waals surface area contributed by atoms with Crippen LogP contribution in [0, 0.1) is 5.82 Å². The Hall–Kier alpha value is -2.45. The van der Waals surface area contributed by atoms with Crippen molar-refractivity contribution in [3.05, 3.63) is 52.7 Å². The smallest absolute Gasteiger partial charge is 0.291 e. The average molecular weight is 420 g/mol. The zero-order valence-corrected chi connectivity index (χ0v) is 15.2. The summed E-state index contributed by atoms with van der Waals surface area (Å²) in [5.41, 5.74) is 1.05. The van der Waals surface area contributed by atoms with E-state index in [1.807, 2.05) is 0 Å². The number of aromatic nitrogens is 1. The van der Waals surface area contributed by atoms with E-state index >= 15 is 0 Å². The minimum Gasteiger partial charge on any atom is -0.448 e. The molecule has 134 valence electrons. The molecule has 1 aliphatic heterocycles. The van der Waals surface area contributed by atoms with Crippen LogP contribution in [0.4, 0.5) is 15.8 Å². The van der Waals surface area contributed by atoms with Crippen molar-refractivity contribution in [2.24, 2.45) is 0 Å². The third-order valence-electron chi connectivity index (χ3n) is 4.33. The number of carbonyl (C=O) groups is 1. The van der Waals surface area contributed by atoms with Gasteiger partial charge in [0.2, 0.25) is 5.76 Å². The van der Waals surface area contributed by atoms with Crippen LogP contribution in [0.25, 0.3) is 11.0 Å². The van der Waals surface area contributed by atoms with E-state index in [1.165, 1.54) is 11.0 Å². The Bertz CT molecular complexity index is 991. The van der Waals surface area contributed by atoms with Gasteiger partial charge in [0.1, 0.15) is 17.1 Å². The van der Waals surface area contributed by atoms with Crippen molar-refractivity contribution in [2.45, 2.75) is 12.5 Å². The van der Waals surface area contributed by atoms with Crippen molar-refractivity contribution in [1.29, 1.82) is 0 Å². The van der Waals surface area contributed by atoms with E-state index in [2.05, 4.69) is 26.2 Å². The third-order valence-corrected chi connectivity index (χ3v) is 4.82. The number of furan rings is 1. The molecule has 4 rings (SSSR count). The first kappa shape index (κ1) is 17.0. The summed E-state index contributed by atoms with van der Waals surface area (Å²) in [4.78, 5) is 18.5. The lowest BCUT2D eigenvalue weighted by Crippen LogP contribution is -2.29. The van der Waals surface area contributed by atoms with Crippen molar-refractivity contribution in [3.8, 4) is 0 Å². The van der Waals surface area contributed by atoms with Crippen LogP contribution in [-0.4, -0.2) is 40.1 Å². The summed E-state index contributed by atoms with van der Waals surface area (Å²) in [7, 11) is 0. The standard InChI is InChI=1S/C18H15BrFN3O3/c19-10-1-2-14(13(20)7-10)22-16-12-8-21-5-3-15(12)26-17(16)18(25)23-6-4-11(24)9-23/h1-3,5,7-8,11,22,24H,4,6,9H2. The molecule has 0 radical (unpaired) electrons. The highest BCUT2D eigenvalue weighted by Gasteiger charge is 2.30. The molecular formula is C18H15BrFN3O3. The largest absolute Gasteiger partial charge is 0.448 e. The van der Waals surface area contributed by atoms with Gasteiger partial charge in [-0.25, -0.2) is 4.39 Å². The van der Waals surface area contributed by atoms with Crippen LogP contribution >= 0.6 is 15.9 Å². The number of nitrogens with one attached hydrogen (secondary N) is 1. The van der Waals surface area contributed by atoms with Gasteiger partial charge in [-0.2, -0.15) is 0 Å². The second-order valence-electron chi connectivity index (χ2n) is 6.12. The van der Waals surface area contributed by atoms with Gasteiger partial charge in [-0.3, -0.25) is 9.78 Å². The molecule has 0 saturated carbocycles. The molecule has 2 aromatic heterocycles. The molecule has 6 nitrogen and oxygen atoms in total. The van der Waals surface area contributed by atoms with Crippen molar-refractivity contribution in [3.63, 3.8) is 0 Å². The van der Waals surface area contributed by atoms with Crippen LogP contribution in [0.5, 0.6) is 0 Å². The molecule has 0 aliphatic carbocycles. The van der Waals surface area contributed by atoms with Crippen molar-refractivity contribution >= 4 is 44.2 Å². The monoisotopic (exact) mass is 419 g/mol. The number of aliphatic hydroxyl groups is 1. The van der Waals surface area contributed by atoms with Crippen LogP contribution in [0.15, 0.2) is 45.5 Å². The Morgan fingerprint density at radius 1 is 1.42 bits per heavy atom. The first-order valence-electron chi connectivity index (χ1n) is 8.09. The fraction of sp³-hybridized carbons (Fsp3) is 0.222. The maximum atomic E-state index is 14.3. The number of pyridine rings is 1. The fourth-order valence-corrected chi connectivity index (χ4v) is 3.34. The number of benzene rings is 1. The highest BCUT2D eigenvalue weighted by atomic mass is 79.9. The first-order chi connectivity index (χ1) is 12.5. The zero-order chi connectivity index (χ0) is 18.3. The van der Waals surface area contributed by atoms with Gasteiger partial charge in [-0.1, -0.05) is 15.9 Å². The van der Waals surface area contributed by atoms with Gasteiger partial charge in [0.25, 0.3) is 5.91 Å². The molecule has 0 bridgehead atoms. The number of carbonyl (C=O) groups excluding carboxylic acids is 1. The van der Waals surface area contributed by atoms with E-state index in [4.69, 9.17) is 4.42 Å². The van der Waals surface area contributed by atoms with Gasteiger partial charge in [-0.15, -0.1) is 0 Å². The summed E-state index contributed by atoms with van der Waals surface area (Å²) >= 11 is 3.22. The number of likely N-dealkylation sites (tertiary alicyclic amines) is 1. The number of rotatable bonds is 3. The van der Waals surface area contributed by atoms with E-state index < -0.39 is 11.9 Å². The fourth-order valence-electron chi connectivity index (χ4n) is 3.01. The van der Waals surface area contributed by atoms with E-state index in [-0.39, 0.29) is 23.9 Å². The van der Waals surface area contributed by atoms with Gasteiger partial charge in [0.15, 0.2) is 0 Å². The maximum Gasteiger partial charge on any atom is 0.291 e. The number of anilines is 2. The SMILES string of the molecule is O=C(c1oc2ccncc2c1Nc1ccc(Br)cc1F)N1CCC(O)C1. The average Bonchev–Trinajstić information content (AvgIpc) is 3.21. The van der Waals surface area contributed by atoms with Gasteiger partial charge >= 0.3 is 0 Å². The second kappa shape index (κ2) is 6.69. The van der Waals surface area contributed by atoms with Crippen LogP contribution < -0.4 is 5.32 Å². The quantitative estimate of drug-likeness (QED) is 0.676. The number of aliphatic hydroxyl groups excluding tert-OH is 1. The molecule has 1 aromatic carbocycles. The summed E-state index contributed by atoms with van der Waals surface area (Å²) in [5, 5.41) is 13.2. The number of β-amino-alcohol motifs (C(OH)–C–C–N with tert-alkyl or cyclic N) is 1. The van der Waals surface area contributed by atoms with E-state index in [0.717, 1.165) is 0 Å². The highest BCUT2D eigenvalue weighted by Crippen LogP contribution is 2.35. The number of fused-ring (bicyclic) bond motifs is 1. The van der Waals surface area contributed by atoms with Gasteiger partial charge in [-0.05, 0) is 30.7 Å². The Balaban J connectivity index is 1.78. The third kappa shape index (κ3) is 3.06. The first-order valence-corrected chi connectivity index (χ1v) is 8.88. The zero-order valence-electron chi connectivity index (χ0n) is 13.6. The van der Waals surface area contributed by atoms with Crippen molar-refractivity contribution in [1.82, 2.24) is 9.88 Å². The van der Waals surface area contributed by atoms with Crippen LogP contribution in [-0.2, 0) is 0 Å². The lowest BCUT2D eigenvalue weighted by molar-refractivity contribution is 0.0737. The lowest BCUT2D eigenvalue weighted by Gasteiger charge is -2.15. The van der Waals surface area contributed by atoms with Crippen molar-refractivity contribution in [2.75, 3.05) is 18.4 Å². The number of hydrogen-bond acceptors (Lipinski definition) is 5. The predicted octanol–water partition coefficient (Wildman–Crippen LogP) is 3.68. The molecule has 0 spiro atoms. The molecular weight excluding hydrogens is 405 g/mol. The summed E-state index contributed by atoms with van der Waals surface area (Å²) in [6.07, 6.45) is 3.11. The molecule has 3 aromatic rings. The normalized spacial score (nSPS) is 17.0. The molecule has 2 N–H and O–H groups in total. The topological polar surface area (TPSA) is 78.6 Å². The molecule has 1 saturated heterocycles. The molecule has 3 heterocycles. The molecule has 1 atom stereocenters. The molecule has 1 amide bonds. The predicted molar refractivity (Wildman–Crippen MR) is 97.9 cm³/mol. The van der Waals surface area contributed by atoms with E-state index in [1.54, 1.807) is 30.6 Å². The molecule has 8 heteroatoms. The molecule has 1 unspecified atom stereocenters. The Morgan fingerprint density at radius 3 is 3.00 bits per heavy atom. The van der Waals surface area contributed by atoms with Gasteiger partial charge < -0.3 is 19.7 Å². The van der Waals surface area contributed by atoms with E-state index in [9.17, 15) is 14.3 Å². The number of amides is 1. The molecule has 26 heavy (non-hydrogen) atoms. The summed E-state index contributed by atoms with van der Waals surface area (Å²) in [5.74, 6) is -0.741. The Morgan fingerprint density at radius 2 is 2.27 bits per heavy atom. The summed E-state index contributed by atoms with van der Waals surface area (Å²) in [6.45, 7) is 0.696.